The maximum absolute atomic E-state index is 12.2. The molecule has 0 saturated carbocycles. The highest BCUT2D eigenvalue weighted by atomic mass is 35.5. The lowest BCUT2D eigenvalue weighted by Crippen LogP contribution is -2.49. The SMILES string of the molecule is CNc1cc(N2CCc3c(-c4ccc(N5CCC(C#Cc6ccc(N7CCC(=O)NC7=O)c(Cl)c6)CC5)cn4)cccc32)nn2c(C(N)=O)cnc12. The summed E-state index contributed by atoms with van der Waals surface area (Å²) in [5, 5.41) is 10.7. The Morgan fingerprint density at radius 3 is 2.52 bits per heavy atom. The number of amides is 4. The quantitative estimate of drug-likeness (QED) is 0.206. The van der Waals surface area contributed by atoms with Crippen LogP contribution in [0.3, 0.4) is 0 Å². The molecule has 0 bridgehead atoms. The molecule has 0 atom stereocenters. The number of aromatic nitrogens is 4. The van der Waals surface area contributed by atoms with Crippen LogP contribution in [-0.4, -0.2) is 70.7 Å². The third-order valence-corrected chi connectivity index (χ3v) is 10.2. The van der Waals surface area contributed by atoms with E-state index < -0.39 is 11.9 Å². The maximum atomic E-state index is 12.2. The maximum Gasteiger partial charge on any atom is 0.328 e. The Hall–Kier alpha value is -6.13. The van der Waals surface area contributed by atoms with Gasteiger partial charge in [0.05, 0.1) is 40.2 Å². The number of nitrogens with two attached hydrogens (primary N) is 1. The van der Waals surface area contributed by atoms with E-state index in [1.165, 1.54) is 21.2 Å². The number of halogens is 1. The van der Waals surface area contributed by atoms with Crippen LogP contribution >= 0.6 is 11.6 Å². The first kappa shape index (κ1) is 33.0. The number of rotatable bonds is 6. The summed E-state index contributed by atoms with van der Waals surface area (Å²) in [5.41, 5.74) is 13.8. The summed E-state index contributed by atoms with van der Waals surface area (Å²) in [6, 6.07) is 17.3. The fraction of sp³-hybridized carbons (Fsp3) is 0.263. The molecule has 13 nitrogen and oxygen atoms in total. The molecule has 262 valence electrons. The molecule has 6 heterocycles. The van der Waals surface area contributed by atoms with Gasteiger partial charge in [-0.15, -0.1) is 5.10 Å². The van der Waals surface area contributed by atoms with Gasteiger partial charge in [0, 0.05) is 68.4 Å². The summed E-state index contributed by atoms with van der Waals surface area (Å²) in [6.45, 7) is 2.77. The Morgan fingerprint density at radius 2 is 1.79 bits per heavy atom. The van der Waals surface area contributed by atoms with Gasteiger partial charge in [0.25, 0.3) is 5.91 Å². The van der Waals surface area contributed by atoms with Crippen molar-refractivity contribution in [3.05, 3.63) is 88.8 Å². The number of nitrogens with one attached hydrogen (secondary N) is 2. The zero-order valence-corrected chi connectivity index (χ0v) is 29.2. The molecule has 3 aliphatic rings. The Kier molecular flexibility index (Phi) is 8.60. The highest BCUT2D eigenvalue weighted by molar-refractivity contribution is 6.34. The van der Waals surface area contributed by atoms with Gasteiger partial charge >= 0.3 is 6.03 Å². The van der Waals surface area contributed by atoms with Crippen molar-refractivity contribution in [2.24, 2.45) is 11.7 Å². The van der Waals surface area contributed by atoms with E-state index in [-0.39, 0.29) is 23.9 Å². The van der Waals surface area contributed by atoms with Crippen LogP contribution in [0.5, 0.6) is 0 Å². The minimum Gasteiger partial charge on any atom is -0.385 e. The first-order chi connectivity index (χ1) is 25.3. The van der Waals surface area contributed by atoms with E-state index >= 15 is 0 Å². The second kappa shape index (κ2) is 13.5. The standard InChI is InChI=1S/C38H35ClN10O3/c1-41-30-20-34(45-49-33(36(40)51)22-43-37(30)49)47-17-13-27-26(3-2-4-31(27)47)29-9-8-25(21-42-29)46-15-11-23(12-16-46)5-6-24-7-10-32(28(39)19-24)48-18-14-35(50)44-38(48)52/h2-4,7-10,19-23,41H,11-18H2,1H3,(H2,40,51)(H,44,50,52). The van der Waals surface area contributed by atoms with Crippen LogP contribution in [0, 0.1) is 17.8 Å². The zero-order chi connectivity index (χ0) is 35.9. The lowest BCUT2D eigenvalue weighted by Gasteiger charge is -2.31. The minimum atomic E-state index is -0.590. The molecular weight excluding hydrogens is 680 g/mol. The van der Waals surface area contributed by atoms with E-state index in [0.717, 1.165) is 72.8 Å². The van der Waals surface area contributed by atoms with E-state index in [1.807, 2.05) is 31.4 Å². The number of carbonyl (C=O) groups excluding carboxylic acids is 3. The van der Waals surface area contributed by atoms with Crippen LogP contribution in [-0.2, 0) is 11.2 Å². The lowest BCUT2D eigenvalue weighted by molar-refractivity contribution is -0.120. The summed E-state index contributed by atoms with van der Waals surface area (Å²) >= 11 is 6.51. The summed E-state index contributed by atoms with van der Waals surface area (Å²) in [4.78, 5) is 51.0. The molecule has 52 heavy (non-hydrogen) atoms. The number of pyridine rings is 1. The van der Waals surface area contributed by atoms with Crippen molar-refractivity contribution >= 4 is 63.7 Å². The number of nitrogens with zero attached hydrogens (tertiary/aromatic N) is 7. The fourth-order valence-corrected chi connectivity index (χ4v) is 7.43. The fourth-order valence-electron chi connectivity index (χ4n) is 7.15. The number of carbonyl (C=O) groups is 3. The topological polar surface area (TPSA) is 154 Å². The van der Waals surface area contributed by atoms with Gasteiger partial charge in [-0.3, -0.25) is 24.8 Å². The molecular formula is C38H35ClN10O3. The number of benzene rings is 2. The number of fused-ring (bicyclic) bond motifs is 2. The molecule has 3 aliphatic heterocycles. The first-order valence-corrected chi connectivity index (χ1v) is 17.5. The van der Waals surface area contributed by atoms with E-state index in [1.54, 1.807) is 12.1 Å². The summed E-state index contributed by atoms with van der Waals surface area (Å²) < 4.78 is 1.50. The summed E-state index contributed by atoms with van der Waals surface area (Å²) in [5.74, 6) is 6.75. The Morgan fingerprint density at radius 1 is 0.962 bits per heavy atom. The van der Waals surface area contributed by atoms with Gasteiger partial charge in [-0.1, -0.05) is 35.6 Å². The van der Waals surface area contributed by atoms with Crippen molar-refractivity contribution in [1.82, 2.24) is 24.9 Å². The Balaban J connectivity index is 0.931. The average molecular weight is 715 g/mol. The molecule has 0 radical (unpaired) electrons. The van der Waals surface area contributed by atoms with Crippen molar-refractivity contribution < 1.29 is 14.4 Å². The molecule has 0 spiro atoms. The van der Waals surface area contributed by atoms with Gasteiger partial charge in [0.1, 0.15) is 5.69 Å². The highest BCUT2D eigenvalue weighted by Crippen LogP contribution is 2.40. The molecule has 8 rings (SSSR count). The Labute approximate surface area is 304 Å². The van der Waals surface area contributed by atoms with E-state index in [2.05, 4.69) is 61.5 Å². The van der Waals surface area contributed by atoms with E-state index in [9.17, 15) is 14.4 Å². The van der Waals surface area contributed by atoms with Gasteiger partial charge in [0.15, 0.2) is 11.5 Å². The van der Waals surface area contributed by atoms with Crippen LogP contribution in [0.25, 0.3) is 16.9 Å². The average Bonchev–Trinajstić information content (AvgIpc) is 3.80. The van der Waals surface area contributed by atoms with Crippen molar-refractivity contribution in [3.63, 3.8) is 0 Å². The molecule has 2 saturated heterocycles. The lowest BCUT2D eigenvalue weighted by atomic mass is 9.96. The number of imidazole rings is 1. The van der Waals surface area contributed by atoms with Crippen molar-refractivity contribution in [2.45, 2.75) is 25.7 Å². The van der Waals surface area contributed by atoms with Gasteiger partial charge in [-0.05, 0) is 61.2 Å². The van der Waals surface area contributed by atoms with Gasteiger partial charge < -0.3 is 20.9 Å². The van der Waals surface area contributed by atoms with E-state index in [4.69, 9.17) is 27.4 Å². The highest BCUT2D eigenvalue weighted by Gasteiger charge is 2.28. The monoisotopic (exact) mass is 714 g/mol. The van der Waals surface area contributed by atoms with Crippen LogP contribution in [0.15, 0.2) is 67.0 Å². The smallest absolute Gasteiger partial charge is 0.328 e. The third kappa shape index (κ3) is 6.11. The molecule has 2 fully saturated rings. The number of urea groups is 1. The first-order valence-electron chi connectivity index (χ1n) is 17.2. The molecule has 0 aliphatic carbocycles. The van der Waals surface area contributed by atoms with Gasteiger partial charge in [-0.25, -0.2) is 14.3 Å². The largest absolute Gasteiger partial charge is 0.385 e. The second-order valence-corrected chi connectivity index (χ2v) is 13.4. The number of hydrogen-bond donors (Lipinski definition) is 3. The minimum absolute atomic E-state index is 0.225. The molecule has 2 aromatic carbocycles. The van der Waals surface area contributed by atoms with E-state index in [0.29, 0.717) is 28.7 Å². The zero-order valence-electron chi connectivity index (χ0n) is 28.4. The molecule has 14 heteroatoms. The summed E-state index contributed by atoms with van der Waals surface area (Å²) in [7, 11) is 1.81. The molecule has 4 amide bonds. The predicted molar refractivity (Wildman–Crippen MR) is 200 cm³/mol. The van der Waals surface area contributed by atoms with Crippen molar-refractivity contribution in [1.29, 1.82) is 0 Å². The van der Waals surface area contributed by atoms with Crippen LogP contribution < -0.4 is 31.1 Å². The number of piperidine rings is 1. The van der Waals surface area contributed by atoms with Crippen molar-refractivity contribution in [3.8, 4) is 23.1 Å². The number of anilines is 5. The normalized spacial score (nSPS) is 16.1. The second-order valence-electron chi connectivity index (χ2n) is 13.0. The Bertz CT molecular complexity index is 2300. The molecule has 4 N–H and O–H groups in total. The number of imide groups is 1. The predicted octanol–water partition coefficient (Wildman–Crippen LogP) is 4.99. The summed E-state index contributed by atoms with van der Waals surface area (Å²) in [6.07, 6.45) is 6.32. The van der Waals surface area contributed by atoms with Crippen LogP contribution in [0.2, 0.25) is 5.02 Å². The molecule has 3 aromatic heterocycles. The third-order valence-electron chi connectivity index (χ3n) is 9.88. The number of primary amides is 1. The van der Waals surface area contributed by atoms with Crippen LogP contribution in [0.1, 0.15) is 40.9 Å². The van der Waals surface area contributed by atoms with Gasteiger partial charge in [0.2, 0.25) is 5.91 Å². The number of hydrogen-bond acceptors (Lipinski definition) is 9. The van der Waals surface area contributed by atoms with Crippen LogP contribution in [0.4, 0.5) is 33.4 Å². The molecule has 0 unspecified atom stereocenters. The molecule has 5 aromatic rings. The van der Waals surface area contributed by atoms with Crippen molar-refractivity contribution in [2.75, 3.05) is 53.2 Å². The van der Waals surface area contributed by atoms with Gasteiger partial charge in [-0.2, -0.15) is 0 Å².